The maximum Gasteiger partial charge on any atom is 0.331 e. The van der Waals surface area contributed by atoms with Gasteiger partial charge in [0.1, 0.15) is 0 Å². The van der Waals surface area contributed by atoms with Gasteiger partial charge in [0.2, 0.25) is 0 Å². The van der Waals surface area contributed by atoms with Crippen molar-refractivity contribution in [2.45, 2.75) is 69.9 Å². The highest BCUT2D eigenvalue weighted by Gasteiger charge is 2.07. The number of aliphatic hydroxyl groups excluding tert-OH is 3. The number of rotatable bonds is 0. The second-order valence-corrected chi connectivity index (χ2v) is 7.09. The molecule has 5 heteroatoms. The summed E-state index contributed by atoms with van der Waals surface area (Å²) in [5.41, 5.74) is 0. The van der Waals surface area contributed by atoms with E-state index in [1.54, 1.807) is 54.7 Å². The van der Waals surface area contributed by atoms with Crippen LogP contribution >= 0.6 is 0 Å². The van der Waals surface area contributed by atoms with Crippen LogP contribution in [0.25, 0.3) is 0 Å². The Morgan fingerprint density at radius 2 is 1.52 bits per heavy atom. The summed E-state index contributed by atoms with van der Waals surface area (Å²) in [6, 6.07) is 0. The molecule has 3 N–H and O–H groups in total. The summed E-state index contributed by atoms with van der Waals surface area (Å²) in [6.45, 7) is 1.87. The lowest BCUT2D eigenvalue weighted by Gasteiger charge is -2.10. The molecule has 0 bridgehead atoms. The smallest absolute Gasteiger partial charge is 0.331 e. The Morgan fingerprint density at radius 1 is 0.862 bits per heavy atom. The van der Waals surface area contributed by atoms with Crippen molar-refractivity contribution in [3.63, 3.8) is 0 Å². The predicted molar refractivity (Wildman–Crippen MR) is 116 cm³/mol. The third-order valence-corrected chi connectivity index (χ3v) is 4.24. The molecule has 29 heavy (non-hydrogen) atoms. The molecular weight excluding hydrogens is 368 g/mol. The molecule has 0 amide bonds. The number of hydrogen-bond donors (Lipinski definition) is 3. The van der Waals surface area contributed by atoms with Gasteiger partial charge in [0, 0.05) is 12.5 Å². The Hall–Kier alpha value is -2.21. The van der Waals surface area contributed by atoms with Gasteiger partial charge in [-0.05, 0) is 39.0 Å². The van der Waals surface area contributed by atoms with Crippen LogP contribution in [0.4, 0.5) is 0 Å². The first-order valence-corrected chi connectivity index (χ1v) is 10.2. The molecular formula is C24H34O5. The van der Waals surface area contributed by atoms with Crippen LogP contribution in [0, 0.1) is 0 Å². The Labute approximate surface area is 174 Å². The Bertz CT molecular complexity index is 627. The fraction of sp³-hybridized carbons (Fsp3) is 0.458. The van der Waals surface area contributed by atoms with E-state index >= 15 is 0 Å². The van der Waals surface area contributed by atoms with Gasteiger partial charge in [-0.1, -0.05) is 66.8 Å². The molecule has 4 atom stereocenters. The molecule has 1 rings (SSSR count). The Kier molecular flexibility index (Phi) is 13.4. The SMILES string of the molecule is C[C@@H]1CCC/C=C/C=C/[C@H](O)C[C@@H](O)C/C=C\C=C\[C@H](O)C/C=C/C=C\C(=O)O1. The van der Waals surface area contributed by atoms with Crippen LogP contribution in [0.2, 0.25) is 0 Å². The molecule has 0 aromatic carbocycles. The fourth-order valence-electron chi connectivity index (χ4n) is 2.66. The topological polar surface area (TPSA) is 87.0 Å². The van der Waals surface area contributed by atoms with Crippen LogP contribution in [-0.4, -0.2) is 45.7 Å². The number of allylic oxidation sites excluding steroid dienone is 7. The first-order chi connectivity index (χ1) is 14.0. The average molecular weight is 403 g/mol. The first-order valence-electron chi connectivity index (χ1n) is 10.2. The van der Waals surface area contributed by atoms with Crippen molar-refractivity contribution >= 4 is 5.97 Å². The van der Waals surface area contributed by atoms with Gasteiger partial charge < -0.3 is 20.1 Å². The number of carbonyl (C=O) groups is 1. The molecule has 5 nitrogen and oxygen atoms in total. The van der Waals surface area contributed by atoms with E-state index in [9.17, 15) is 20.1 Å². The quantitative estimate of drug-likeness (QED) is 0.538. The summed E-state index contributed by atoms with van der Waals surface area (Å²) in [4.78, 5) is 11.7. The minimum Gasteiger partial charge on any atom is -0.460 e. The van der Waals surface area contributed by atoms with Crippen LogP contribution in [-0.2, 0) is 9.53 Å². The molecule has 0 aromatic heterocycles. The third-order valence-electron chi connectivity index (χ3n) is 4.24. The normalized spacial score (nSPS) is 35.4. The van der Waals surface area contributed by atoms with Crippen molar-refractivity contribution < 1.29 is 24.9 Å². The molecule has 0 saturated carbocycles. The molecule has 1 aliphatic rings. The van der Waals surface area contributed by atoms with Crippen LogP contribution in [0.15, 0.2) is 72.9 Å². The second-order valence-electron chi connectivity index (χ2n) is 7.09. The van der Waals surface area contributed by atoms with E-state index in [1.807, 2.05) is 19.1 Å². The van der Waals surface area contributed by atoms with Gasteiger partial charge in [0.15, 0.2) is 0 Å². The highest BCUT2D eigenvalue weighted by molar-refractivity contribution is 5.82. The molecule has 0 aliphatic carbocycles. The number of aliphatic hydroxyl groups is 3. The molecule has 1 heterocycles. The summed E-state index contributed by atoms with van der Waals surface area (Å²) in [5.74, 6) is -0.378. The lowest BCUT2D eigenvalue weighted by molar-refractivity contribution is -0.142. The van der Waals surface area contributed by atoms with Crippen molar-refractivity contribution in [3.05, 3.63) is 72.9 Å². The van der Waals surface area contributed by atoms with Crippen molar-refractivity contribution in [1.29, 1.82) is 0 Å². The molecule has 0 unspecified atom stereocenters. The molecule has 160 valence electrons. The van der Waals surface area contributed by atoms with Crippen molar-refractivity contribution in [2.75, 3.05) is 0 Å². The van der Waals surface area contributed by atoms with E-state index in [0.29, 0.717) is 12.8 Å². The lowest BCUT2D eigenvalue weighted by Crippen LogP contribution is -2.14. The zero-order valence-corrected chi connectivity index (χ0v) is 17.1. The first kappa shape index (κ1) is 24.8. The van der Waals surface area contributed by atoms with Crippen LogP contribution in [0.5, 0.6) is 0 Å². The summed E-state index contributed by atoms with van der Waals surface area (Å²) in [7, 11) is 0. The maximum atomic E-state index is 11.7. The number of cyclic esters (lactones) is 1. The van der Waals surface area contributed by atoms with Crippen LogP contribution in [0.3, 0.4) is 0 Å². The summed E-state index contributed by atoms with van der Waals surface area (Å²) in [6.07, 6.45) is 22.2. The number of hydrogen-bond acceptors (Lipinski definition) is 5. The van der Waals surface area contributed by atoms with Gasteiger partial charge in [0.25, 0.3) is 0 Å². The monoisotopic (exact) mass is 402 g/mol. The van der Waals surface area contributed by atoms with Gasteiger partial charge in [-0.2, -0.15) is 0 Å². The third kappa shape index (κ3) is 14.4. The fourth-order valence-corrected chi connectivity index (χ4v) is 2.66. The molecule has 0 radical (unpaired) electrons. The number of ether oxygens (including phenoxy) is 1. The second kappa shape index (κ2) is 15.7. The average Bonchev–Trinajstić information content (AvgIpc) is 2.65. The molecule has 0 aromatic rings. The van der Waals surface area contributed by atoms with Gasteiger partial charge in [0.05, 0.1) is 24.4 Å². The van der Waals surface area contributed by atoms with E-state index < -0.39 is 18.3 Å². The van der Waals surface area contributed by atoms with E-state index in [1.165, 1.54) is 6.08 Å². The molecule has 1 aliphatic heterocycles. The summed E-state index contributed by atoms with van der Waals surface area (Å²) in [5, 5.41) is 29.8. The van der Waals surface area contributed by atoms with E-state index in [-0.39, 0.29) is 18.5 Å². The summed E-state index contributed by atoms with van der Waals surface area (Å²) < 4.78 is 5.31. The minimum absolute atomic E-state index is 0.158. The Balaban J connectivity index is 2.66. The Morgan fingerprint density at radius 3 is 2.31 bits per heavy atom. The van der Waals surface area contributed by atoms with E-state index in [0.717, 1.165) is 19.3 Å². The molecule has 0 fully saturated rings. The summed E-state index contributed by atoms with van der Waals surface area (Å²) >= 11 is 0. The van der Waals surface area contributed by atoms with Gasteiger partial charge in [-0.15, -0.1) is 0 Å². The number of esters is 1. The van der Waals surface area contributed by atoms with Crippen molar-refractivity contribution in [2.24, 2.45) is 0 Å². The standard InChI is InChI=1S/C24H34O5/c1-20-13-7-3-2-4-8-16-22(26)19-23(27)17-11-5-9-14-21(25)15-10-6-12-18-24(28)29-20/h2,4-6,8-12,14,16,18,20-23,25-27H,3,7,13,15,17,19H2,1H3/b4-2+,10-6+,11-5-,14-9+,16-8+,18-12-/t20-,21+,22+,23+/m1/s1. The zero-order valence-electron chi connectivity index (χ0n) is 17.1. The van der Waals surface area contributed by atoms with Crippen LogP contribution in [0.1, 0.15) is 45.4 Å². The van der Waals surface area contributed by atoms with Crippen molar-refractivity contribution in [3.8, 4) is 0 Å². The predicted octanol–water partition coefficient (Wildman–Crippen LogP) is 3.69. The van der Waals surface area contributed by atoms with E-state index in [4.69, 9.17) is 4.74 Å². The van der Waals surface area contributed by atoms with Gasteiger partial charge in [-0.3, -0.25) is 0 Å². The van der Waals surface area contributed by atoms with E-state index in [2.05, 4.69) is 0 Å². The lowest BCUT2D eigenvalue weighted by atomic mass is 10.1. The van der Waals surface area contributed by atoms with Gasteiger partial charge in [-0.25, -0.2) is 4.79 Å². The maximum absolute atomic E-state index is 11.7. The largest absolute Gasteiger partial charge is 0.460 e. The van der Waals surface area contributed by atoms with Crippen molar-refractivity contribution in [1.82, 2.24) is 0 Å². The highest BCUT2D eigenvalue weighted by Crippen LogP contribution is 2.08. The minimum atomic E-state index is -0.703. The molecule has 0 saturated heterocycles. The molecule has 0 spiro atoms. The highest BCUT2D eigenvalue weighted by atomic mass is 16.5. The zero-order chi connectivity index (χ0) is 21.3. The number of carbonyl (C=O) groups excluding carboxylic acids is 1. The van der Waals surface area contributed by atoms with Crippen LogP contribution < -0.4 is 0 Å². The van der Waals surface area contributed by atoms with Gasteiger partial charge >= 0.3 is 5.97 Å².